The second-order valence-corrected chi connectivity index (χ2v) is 3.64. The van der Waals surface area contributed by atoms with Crippen molar-refractivity contribution in [3.63, 3.8) is 0 Å². The van der Waals surface area contributed by atoms with Gasteiger partial charge in [0.05, 0.1) is 6.20 Å². The van der Waals surface area contributed by atoms with Gasteiger partial charge in [-0.3, -0.25) is 4.99 Å². The highest BCUT2D eigenvalue weighted by Gasteiger charge is 2.08. The highest BCUT2D eigenvalue weighted by molar-refractivity contribution is 6.28. The van der Waals surface area contributed by atoms with Gasteiger partial charge in [-0.2, -0.15) is 0 Å². The zero-order chi connectivity index (χ0) is 9.80. The summed E-state index contributed by atoms with van der Waals surface area (Å²) in [4.78, 5) is 4.02. The summed E-state index contributed by atoms with van der Waals surface area (Å²) in [6.07, 6.45) is 11.8. The molecule has 0 aromatic rings. The topological polar surface area (TPSA) is 36.4 Å². The molecule has 1 heterocycles. The number of allylic oxidation sites excluding steroid dienone is 4. The van der Waals surface area contributed by atoms with Crippen LogP contribution in [0.4, 0.5) is 0 Å². The van der Waals surface area contributed by atoms with Crippen molar-refractivity contribution in [1.29, 1.82) is 0 Å². The maximum absolute atomic E-state index is 5.85. The van der Waals surface area contributed by atoms with Crippen molar-refractivity contribution >= 4 is 17.8 Å². The molecule has 4 heteroatoms. The Morgan fingerprint density at radius 3 is 3.21 bits per heavy atom. The molecule has 2 rings (SSSR count). The van der Waals surface area contributed by atoms with Gasteiger partial charge in [0, 0.05) is 11.9 Å². The van der Waals surface area contributed by atoms with Gasteiger partial charge >= 0.3 is 0 Å². The molecule has 0 radical (unpaired) electrons. The van der Waals surface area contributed by atoms with Crippen molar-refractivity contribution in [1.82, 2.24) is 10.6 Å². The molecule has 2 N–H and O–H groups in total. The molecule has 0 aromatic carbocycles. The third-order valence-corrected chi connectivity index (χ3v) is 2.24. The first-order chi connectivity index (χ1) is 6.84. The third kappa shape index (κ3) is 2.39. The SMILES string of the molecule is Cl[C@H]1C=NC=C(NC2=CC=CCC2)N1. The summed E-state index contributed by atoms with van der Waals surface area (Å²) in [7, 11) is 0. The normalized spacial score (nSPS) is 25.1. The Morgan fingerprint density at radius 1 is 1.57 bits per heavy atom. The van der Waals surface area contributed by atoms with Crippen LogP contribution in [0.15, 0.2) is 40.9 Å². The van der Waals surface area contributed by atoms with E-state index < -0.39 is 0 Å². The Morgan fingerprint density at radius 2 is 2.50 bits per heavy atom. The van der Waals surface area contributed by atoms with E-state index in [-0.39, 0.29) is 5.50 Å². The van der Waals surface area contributed by atoms with Crippen LogP contribution < -0.4 is 10.6 Å². The van der Waals surface area contributed by atoms with E-state index in [1.807, 2.05) is 0 Å². The predicted molar refractivity (Wildman–Crippen MR) is 58.9 cm³/mol. The number of halogens is 1. The Bertz CT molecular complexity index is 328. The molecule has 0 saturated carbocycles. The molecule has 0 spiro atoms. The average molecular weight is 210 g/mol. The van der Waals surface area contributed by atoms with Crippen LogP contribution in [0.5, 0.6) is 0 Å². The average Bonchev–Trinajstić information content (AvgIpc) is 2.19. The minimum absolute atomic E-state index is 0.220. The van der Waals surface area contributed by atoms with Gasteiger partial charge in [-0.25, -0.2) is 0 Å². The molecule has 2 aliphatic rings. The summed E-state index contributed by atoms with van der Waals surface area (Å²) in [6.45, 7) is 0. The molecule has 1 atom stereocenters. The second-order valence-electron chi connectivity index (χ2n) is 3.17. The van der Waals surface area contributed by atoms with Crippen molar-refractivity contribution in [2.75, 3.05) is 0 Å². The zero-order valence-electron chi connectivity index (χ0n) is 7.70. The predicted octanol–water partition coefficient (Wildman–Crippen LogP) is 1.85. The van der Waals surface area contributed by atoms with E-state index in [0.29, 0.717) is 0 Å². The van der Waals surface area contributed by atoms with E-state index in [4.69, 9.17) is 11.6 Å². The zero-order valence-corrected chi connectivity index (χ0v) is 8.46. The number of nitrogens with zero attached hydrogens (tertiary/aromatic N) is 1. The molecular formula is C10H12ClN3. The summed E-state index contributed by atoms with van der Waals surface area (Å²) in [5.41, 5.74) is 0.967. The van der Waals surface area contributed by atoms with Gasteiger partial charge in [-0.15, -0.1) is 0 Å². The van der Waals surface area contributed by atoms with Crippen LogP contribution in [0.1, 0.15) is 12.8 Å². The minimum atomic E-state index is -0.220. The number of aliphatic imine (C=N–C) groups is 1. The Balaban J connectivity index is 1.97. The van der Waals surface area contributed by atoms with E-state index in [1.54, 1.807) is 12.4 Å². The monoisotopic (exact) mass is 209 g/mol. The quantitative estimate of drug-likeness (QED) is 0.538. The molecule has 0 saturated heterocycles. The van der Waals surface area contributed by atoms with E-state index in [0.717, 1.165) is 18.7 Å². The molecule has 0 amide bonds. The number of rotatable bonds is 2. The molecule has 3 nitrogen and oxygen atoms in total. The van der Waals surface area contributed by atoms with Crippen molar-refractivity contribution in [2.24, 2.45) is 4.99 Å². The summed E-state index contributed by atoms with van der Waals surface area (Å²) < 4.78 is 0. The fourth-order valence-corrected chi connectivity index (χ4v) is 1.55. The van der Waals surface area contributed by atoms with Gasteiger partial charge in [0.2, 0.25) is 0 Å². The summed E-state index contributed by atoms with van der Waals surface area (Å²) in [6, 6.07) is 0. The molecule has 0 bridgehead atoms. The van der Waals surface area contributed by atoms with Gasteiger partial charge < -0.3 is 10.6 Å². The summed E-state index contributed by atoms with van der Waals surface area (Å²) in [5, 5.41) is 6.31. The summed E-state index contributed by atoms with van der Waals surface area (Å²) in [5.74, 6) is 0.856. The van der Waals surface area contributed by atoms with E-state index in [1.165, 1.54) is 5.70 Å². The Hall–Kier alpha value is -1.22. The van der Waals surface area contributed by atoms with Crippen LogP contribution >= 0.6 is 11.6 Å². The van der Waals surface area contributed by atoms with Gasteiger partial charge in [0.25, 0.3) is 0 Å². The van der Waals surface area contributed by atoms with Crippen molar-refractivity contribution in [3.05, 3.63) is 35.9 Å². The molecule has 0 aromatic heterocycles. The first-order valence-corrected chi connectivity index (χ1v) is 5.05. The Kier molecular flexibility index (Phi) is 2.89. The fourth-order valence-electron chi connectivity index (χ4n) is 1.36. The molecule has 74 valence electrons. The van der Waals surface area contributed by atoms with Crippen LogP contribution in [0.2, 0.25) is 0 Å². The molecule has 0 fully saturated rings. The standard InChI is InChI=1S/C10H12ClN3/c11-9-6-12-7-10(14-9)13-8-4-2-1-3-5-8/h1-2,4,6-7,9,13-14H,3,5H2/t9-/m1/s1. The molecular weight excluding hydrogens is 198 g/mol. The lowest BCUT2D eigenvalue weighted by atomic mass is 10.1. The molecule has 14 heavy (non-hydrogen) atoms. The number of hydrogen-bond donors (Lipinski definition) is 2. The molecule has 1 aliphatic heterocycles. The van der Waals surface area contributed by atoms with Crippen LogP contribution in [-0.2, 0) is 0 Å². The number of alkyl halides is 1. The smallest absolute Gasteiger partial charge is 0.138 e. The van der Waals surface area contributed by atoms with Crippen LogP contribution in [0, 0.1) is 0 Å². The molecule has 1 aliphatic carbocycles. The second kappa shape index (κ2) is 4.33. The van der Waals surface area contributed by atoms with Crippen molar-refractivity contribution < 1.29 is 0 Å². The van der Waals surface area contributed by atoms with Crippen LogP contribution in [0.25, 0.3) is 0 Å². The van der Waals surface area contributed by atoms with Crippen LogP contribution in [-0.4, -0.2) is 11.7 Å². The lowest BCUT2D eigenvalue weighted by Crippen LogP contribution is -2.34. The third-order valence-electron chi connectivity index (χ3n) is 2.02. The van der Waals surface area contributed by atoms with Gasteiger partial charge in [0.1, 0.15) is 11.3 Å². The van der Waals surface area contributed by atoms with E-state index in [2.05, 4.69) is 33.9 Å². The fraction of sp³-hybridized carbons (Fsp3) is 0.300. The van der Waals surface area contributed by atoms with E-state index >= 15 is 0 Å². The maximum atomic E-state index is 5.85. The lowest BCUT2D eigenvalue weighted by molar-refractivity contribution is 0.732. The van der Waals surface area contributed by atoms with Crippen LogP contribution in [0.3, 0.4) is 0 Å². The maximum Gasteiger partial charge on any atom is 0.138 e. The first-order valence-electron chi connectivity index (χ1n) is 4.61. The van der Waals surface area contributed by atoms with E-state index in [9.17, 15) is 0 Å². The van der Waals surface area contributed by atoms with Crippen molar-refractivity contribution in [2.45, 2.75) is 18.3 Å². The highest BCUT2D eigenvalue weighted by Crippen LogP contribution is 2.10. The summed E-state index contributed by atoms with van der Waals surface area (Å²) >= 11 is 5.85. The number of hydrogen-bond acceptors (Lipinski definition) is 3. The number of nitrogens with one attached hydrogen (secondary N) is 2. The van der Waals surface area contributed by atoms with Gasteiger partial charge in [-0.05, 0) is 18.9 Å². The molecule has 0 unspecified atom stereocenters. The minimum Gasteiger partial charge on any atom is -0.350 e. The van der Waals surface area contributed by atoms with Gasteiger partial charge in [-0.1, -0.05) is 23.8 Å². The first kappa shape index (κ1) is 9.34. The largest absolute Gasteiger partial charge is 0.350 e. The lowest BCUT2D eigenvalue weighted by Gasteiger charge is -2.19. The van der Waals surface area contributed by atoms with Gasteiger partial charge in [0.15, 0.2) is 0 Å². The Labute approximate surface area is 88.2 Å². The highest BCUT2D eigenvalue weighted by atomic mass is 35.5. The van der Waals surface area contributed by atoms with Crippen molar-refractivity contribution in [3.8, 4) is 0 Å².